The first-order chi connectivity index (χ1) is 19.6. The maximum absolute atomic E-state index is 12.4. The van der Waals surface area contributed by atoms with Gasteiger partial charge in [-0.3, -0.25) is 9.78 Å². The van der Waals surface area contributed by atoms with E-state index in [0.717, 1.165) is 16.2 Å². The highest BCUT2D eigenvalue weighted by Crippen LogP contribution is 2.31. The van der Waals surface area contributed by atoms with Gasteiger partial charge in [0, 0.05) is 54.6 Å². The maximum atomic E-state index is 12.4. The number of halogens is 4. The van der Waals surface area contributed by atoms with Crippen LogP contribution in [0.3, 0.4) is 0 Å². The summed E-state index contributed by atoms with van der Waals surface area (Å²) in [5.74, 6) is -0.421. The summed E-state index contributed by atoms with van der Waals surface area (Å²) in [5, 5.41) is 11.7. The van der Waals surface area contributed by atoms with E-state index in [0.29, 0.717) is 61.5 Å². The zero-order valence-electron chi connectivity index (χ0n) is 22.0. The Hall–Kier alpha value is -4.16. The van der Waals surface area contributed by atoms with Gasteiger partial charge in [0.05, 0.1) is 23.2 Å². The molecule has 0 unspecified atom stereocenters. The van der Waals surface area contributed by atoms with Crippen molar-refractivity contribution in [3.8, 4) is 5.75 Å². The smallest absolute Gasteiger partial charge is 0.465 e. The Bertz CT molecular complexity index is 1550. The number of ether oxygens (including phenoxy) is 2. The van der Waals surface area contributed by atoms with Crippen molar-refractivity contribution in [2.45, 2.75) is 25.7 Å². The van der Waals surface area contributed by atoms with Gasteiger partial charge in [0.2, 0.25) is 5.91 Å². The van der Waals surface area contributed by atoms with Crippen LogP contribution >= 0.6 is 11.6 Å². The van der Waals surface area contributed by atoms with E-state index in [2.05, 4.69) is 30.7 Å². The number of esters is 1. The molecule has 2 heterocycles. The van der Waals surface area contributed by atoms with E-state index in [1.807, 2.05) is 12.1 Å². The fourth-order valence-electron chi connectivity index (χ4n) is 4.17. The number of methoxy groups -OCH3 is 1. The van der Waals surface area contributed by atoms with E-state index in [1.165, 1.54) is 25.3 Å². The Kier molecular flexibility index (Phi) is 9.79. The number of nitrogens with one attached hydrogen (secondary N) is 3. The highest BCUT2D eigenvalue weighted by molar-refractivity contribution is 6.32. The lowest BCUT2D eigenvalue weighted by molar-refractivity contribution is -0.274. The Balaban J connectivity index is 1.22. The molecule has 0 saturated carbocycles. The minimum Gasteiger partial charge on any atom is -0.465 e. The summed E-state index contributed by atoms with van der Waals surface area (Å²) < 4.78 is 45.7. The predicted octanol–water partition coefficient (Wildman–Crippen LogP) is 5.22. The number of rotatable bonds is 12. The molecule has 3 N–H and O–H groups in total. The number of nitrogens with zero attached hydrogens (tertiary/aromatic N) is 2. The average Bonchev–Trinajstić information content (AvgIpc) is 2.95. The molecule has 2 aromatic heterocycles. The molecule has 4 aromatic rings. The van der Waals surface area contributed by atoms with Crippen molar-refractivity contribution in [2.24, 2.45) is 0 Å². The van der Waals surface area contributed by atoms with Gasteiger partial charge in [0.1, 0.15) is 11.6 Å². The number of aromatic nitrogens is 2. The van der Waals surface area contributed by atoms with Crippen LogP contribution in [0.1, 0.15) is 28.8 Å². The molecule has 4 rings (SSSR count). The topological polar surface area (TPSA) is 114 Å². The zero-order chi connectivity index (χ0) is 29.4. The SMILES string of the molecule is COC(=O)c1ccc2c(c1)nc(NCCNC(=O)CCCNCc1ccc(OC(F)(F)F)c(Cl)c1)c1ccncc12. The van der Waals surface area contributed by atoms with Crippen LogP contribution in [0.15, 0.2) is 54.9 Å². The van der Waals surface area contributed by atoms with Gasteiger partial charge < -0.3 is 25.4 Å². The minimum absolute atomic E-state index is 0.117. The predicted molar refractivity (Wildman–Crippen MR) is 149 cm³/mol. The number of carbonyl (C=O) groups excluding carboxylic acids is 2. The number of alkyl halides is 3. The highest BCUT2D eigenvalue weighted by Gasteiger charge is 2.32. The van der Waals surface area contributed by atoms with Crippen molar-refractivity contribution in [3.05, 3.63) is 71.0 Å². The first kappa shape index (κ1) is 29.8. The number of fused-ring (bicyclic) bond motifs is 3. The van der Waals surface area contributed by atoms with Gasteiger partial charge in [-0.15, -0.1) is 13.2 Å². The van der Waals surface area contributed by atoms with Crippen molar-refractivity contribution >= 4 is 51.0 Å². The molecular weight excluding hydrogens is 563 g/mol. The standard InChI is InChI=1S/C28H27ClF3N5O4/c1-40-27(39)18-5-6-19-21-16-34-10-8-20(21)26(37-23(19)14-18)36-12-11-35-25(38)3-2-9-33-15-17-4-7-24(22(29)13-17)41-28(30,31)32/h4-8,10,13-14,16,33H,2-3,9,11-12,15H2,1H3,(H,35,38)(H,36,37). The molecule has 216 valence electrons. The molecule has 13 heteroatoms. The molecule has 0 aliphatic heterocycles. The molecule has 41 heavy (non-hydrogen) atoms. The molecule has 0 saturated heterocycles. The highest BCUT2D eigenvalue weighted by atomic mass is 35.5. The lowest BCUT2D eigenvalue weighted by Gasteiger charge is -2.13. The molecule has 0 radical (unpaired) electrons. The van der Waals surface area contributed by atoms with Crippen LogP contribution in [0, 0.1) is 0 Å². The summed E-state index contributed by atoms with van der Waals surface area (Å²) in [5.41, 5.74) is 1.69. The van der Waals surface area contributed by atoms with Crippen LogP contribution in [-0.4, -0.2) is 55.0 Å². The van der Waals surface area contributed by atoms with Crippen molar-refractivity contribution < 1.29 is 32.2 Å². The summed E-state index contributed by atoms with van der Waals surface area (Å²) >= 11 is 5.86. The Morgan fingerprint density at radius 3 is 2.59 bits per heavy atom. The third kappa shape index (κ3) is 8.18. The fourth-order valence-corrected chi connectivity index (χ4v) is 4.41. The summed E-state index contributed by atoms with van der Waals surface area (Å²) in [4.78, 5) is 33.1. The largest absolute Gasteiger partial charge is 0.573 e. The first-order valence-electron chi connectivity index (χ1n) is 12.7. The maximum Gasteiger partial charge on any atom is 0.573 e. The van der Waals surface area contributed by atoms with Crippen LogP contribution in [0.5, 0.6) is 5.75 Å². The van der Waals surface area contributed by atoms with Gasteiger partial charge in [0.25, 0.3) is 0 Å². The normalized spacial score (nSPS) is 11.4. The number of carbonyl (C=O) groups is 2. The van der Waals surface area contributed by atoms with E-state index < -0.39 is 18.1 Å². The molecule has 0 aliphatic rings. The van der Waals surface area contributed by atoms with Crippen molar-refractivity contribution in [1.29, 1.82) is 0 Å². The van der Waals surface area contributed by atoms with Crippen LogP contribution in [0.2, 0.25) is 5.02 Å². The number of hydrogen-bond acceptors (Lipinski definition) is 8. The Morgan fingerprint density at radius 2 is 1.83 bits per heavy atom. The van der Waals surface area contributed by atoms with E-state index in [-0.39, 0.29) is 10.9 Å². The van der Waals surface area contributed by atoms with E-state index in [9.17, 15) is 22.8 Å². The van der Waals surface area contributed by atoms with Crippen LogP contribution in [-0.2, 0) is 16.1 Å². The van der Waals surface area contributed by atoms with Crippen LogP contribution < -0.4 is 20.7 Å². The lowest BCUT2D eigenvalue weighted by atomic mass is 10.1. The average molecular weight is 590 g/mol. The second-order valence-corrected chi connectivity index (χ2v) is 9.38. The molecule has 0 spiro atoms. The molecule has 1 amide bonds. The minimum atomic E-state index is -4.81. The third-order valence-electron chi connectivity index (χ3n) is 6.07. The van der Waals surface area contributed by atoms with E-state index >= 15 is 0 Å². The molecule has 0 atom stereocenters. The number of hydrogen-bond donors (Lipinski definition) is 3. The van der Waals surface area contributed by atoms with Crippen LogP contribution in [0.4, 0.5) is 19.0 Å². The molecule has 0 fully saturated rings. The van der Waals surface area contributed by atoms with Gasteiger partial charge >= 0.3 is 12.3 Å². The molecule has 2 aromatic carbocycles. The number of benzene rings is 2. The van der Waals surface area contributed by atoms with Gasteiger partial charge in [-0.1, -0.05) is 23.7 Å². The number of anilines is 1. The van der Waals surface area contributed by atoms with E-state index in [4.69, 9.17) is 16.3 Å². The third-order valence-corrected chi connectivity index (χ3v) is 6.36. The molecule has 0 aliphatic carbocycles. The van der Waals surface area contributed by atoms with Crippen molar-refractivity contribution in [3.63, 3.8) is 0 Å². The Labute approximate surface area is 238 Å². The molecule has 9 nitrogen and oxygen atoms in total. The van der Waals surface area contributed by atoms with Gasteiger partial charge in [-0.2, -0.15) is 0 Å². The Morgan fingerprint density at radius 1 is 1.00 bits per heavy atom. The zero-order valence-corrected chi connectivity index (χ0v) is 22.7. The molecular formula is C28H27ClF3N5O4. The van der Waals surface area contributed by atoms with E-state index in [1.54, 1.807) is 24.5 Å². The second-order valence-electron chi connectivity index (χ2n) is 8.97. The summed E-state index contributed by atoms with van der Waals surface area (Å²) in [7, 11) is 1.32. The number of pyridine rings is 2. The quantitative estimate of drug-likeness (QED) is 0.117. The number of amides is 1. The van der Waals surface area contributed by atoms with Gasteiger partial charge in [-0.25, -0.2) is 9.78 Å². The van der Waals surface area contributed by atoms with Crippen molar-refractivity contribution in [2.75, 3.05) is 32.1 Å². The lowest BCUT2D eigenvalue weighted by Crippen LogP contribution is -2.29. The van der Waals surface area contributed by atoms with Gasteiger partial charge in [-0.05, 0) is 48.9 Å². The second kappa shape index (κ2) is 13.5. The van der Waals surface area contributed by atoms with Gasteiger partial charge in [0.15, 0.2) is 0 Å². The first-order valence-corrected chi connectivity index (χ1v) is 13.0. The monoisotopic (exact) mass is 589 g/mol. The summed E-state index contributed by atoms with van der Waals surface area (Å²) in [6.07, 6.45) is -0.535. The molecule has 0 bridgehead atoms. The summed E-state index contributed by atoms with van der Waals surface area (Å²) in [6.45, 7) is 1.69. The fraction of sp³-hybridized carbons (Fsp3) is 0.286. The summed E-state index contributed by atoms with van der Waals surface area (Å²) in [6, 6.07) is 11.1. The van der Waals surface area contributed by atoms with Crippen LogP contribution in [0.25, 0.3) is 21.7 Å². The van der Waals surface area contributed by atoms with Crippen molar-refractivity contribution in [1.82, 2.24) is 20.6 Å².